The van der Waals surface area contributed by atoms with Crippen LogP contribution in [0.4, 0.5) is 4.79 Å². The highest BCUT2D eigenvalue weighted by molar-refractivity contribution is 6.24. The minimum atomic E-state index is -2.55. The molecule has 11 heteroatoms. The molecule has 3 aliphatic carbocycles. The van der Waals surface area contributed by atoms with Crippen molar-refractivity contribution >= 4 is 29.4 Å². The van der Waals surface area contributed by atoms with Gasteiger partial charge in [0.15, 0.2) is 11.5 Å². The molecule has 0 radical (unpaired) electrons. The van der Waals surface area contributed by atoms with Crippen LogP contribution in [0.5, 0.6) is 5.75 Å². The van der Waals surface area contributed by atoms with E-state index >= 15 is 0 Å². The molecule has 4 atom stereocenters. The van der Waals surface area contributed by atoms with Crippen LogP contribution in [0.3, 0.4) is 0 Å². The van der Waals surface area contributed by atoms with E-state index in [0.29, 0.717) is 5.56 Å². The molecule has 0 spiro atoms. The number of likely N-dealkylation sites (N-methyl/N-ethyl adjacent to an activating group) is 1. The molecule has 1 saturated carbocycles. The third-order valence-corrected chi connectivity index (χ3v) is 6.84. The number of aliphatic hydroxyl groups is 2. The van der Waals surface area contributed by atoms with E-state index in [9.17, 15) is 34.5 Å². The summed E-state index contributed by atoms with van der Waals surface area (Å²) in [6, 6.07) is 3.47. The van der Waals surface area contributed by atoms with Gasteiger partial charge >= 0.3 is 6.16 Å². The topological polar surface area (TPSA) is 177 Å². The molecule has 1 aromatic rings. The number of nitrogens with zero attached hydrogens (tertiary/aromatic N) is 1. The zero-order chi connectivity index (χ0) is 25.1. The Balaban J connectivity index is 2.05. The average molecular weight is 472 g/mol. The fraction of sp³-hybridized carbons (Fsp3) is 0.391. The van der Waals surface area contributed by atoms with Gasteiger partial charge in [-0.2, -0.15) is 0 Å². The second-order valence-corrected chi connectivity index (χ2v) is 8.80. The van der Waals surface area contributed by atoms with Crippen LogP contribution in [0.15, 0.2) is 35.1 Å². The number of aromatic hydroxyl groups is 1. The van der Waals surface area contributed by atoms with Gasteiger partial charge in [-0.25, -0.2) is 4.79 Å². The number of primary amides is 1. The summed E-state index contributed by atoms with van der Waals surface area (Å²) in [5.41, 5.74) is 2.38. The first-order valence-electron chi connectivity index (χ1n) is 10.5. The van der Waals surface area contributed by atoms with Gasteiger partial charge in [-0.05, 0) is 44.5 Å². The first-order valence-corrected chi connectivity index (χ1v) is 10.5. The maximum Gasteiger partial charge on any atom is 0.509 e. The first kappa shape index (κ1) is 23.3. The second-order valence-electron chi connectivity index (χ2n) is 8.80. The van der Waals surface area contributed by atoms with Gasteiger partial charge < -0.3 is 30.5 Å². The smallest absolute Gasteiger partial charge is 0.507 e. The molecule has 4 rings (SSSR count). The number of Topliss-reactive ketones (excluding diaryl/α,β-unsaturated/α-hetero) is 2. The number of ether oxygens (including phenoxy) is 2. The predicted molar refractivity (Wildman–Crippen MR) is 116 cm³/mol. The number of phenolic OH excluding ortho intramolecular Hbond substituents is 1. The summed E-state index contributed by atoms with van der Waals surface area (Å²) in [5.74, 6) is -6.81. The largest absolute Gasteiger partial charge is 0.509 e. The van der Waals surface area contributed by atoms with Gasteiger partial charge in [0.25, 0.3) is 5.91 Å². The fourth-order valence-electron chi connectivity index (χ4n) is 5.50. The standard InChI is InChI=1S/C23H24N2O9/c1-25(2)16-11-8-10-7-9-5-4-6-12(26)13(9)17(27)14(10)19(29)23(11,34-22(32)33-3)20(30)15(18(16)28)21(24)31/h4-6,10-11,16,26-27,30H,7-8H2,1-3H3,(H2,24,31)/t10-,11-,16-,23?/m0/s1. The Morgan fingerprint density at radius 1 is 1.18 bits per heavy atom. The van der Waals surface area contributed by atoms with Crippen molar-refractivity contribution in [3.63, 3.8) is 0 Å². The van der Waals surface area contributed by atoms with E-state index < -0.39 is 64.2 Å². The number of benzene rings is 1. The van der Waals surface area contributed by atoms with E-state index in [1.807, 2.05) is 0 Å². The van der Waals surface area contributed by atoms with E-state index in [1.165, 1.54) is 25.1 Å². The van der Waals surface area contributed by atoms with Crippen molar-refractivity contribution in [1.29, 1.82) is 0 Å². The fourth-order valence-corrected chi connectivity index (χ4v) is 5.50. The number of aliphatic hydroxyl groups excluding tert-OH is 2. The van der Waals surface area contributed by atoms with Gasteiger partial charge in [-0.3, -0.25) is 19.3 Å². The number of rotatable bonds is 3. The van der Waals surface area contributed by atoms with Gasteiger partial charge in [0, 0.05) is 11.5 Å². The number of hydrogen-bond donors (Lipinski definition) is 4. The SMILES string of the molecule is COC(=O)OC12C(=O)C3=C(O)c4c(O)cccc4C[C@H]3C[C@H]1[C@H](N(C)C)C(=O)C(C(N)=O)=C2O. The van der Waals surface area contributed by atoms with Crippen molar-refractivity contribution < 1.29 is 44.0 Å². The molecule has 1 amide bonds. The van der Waals surface area contributed by atoms with E-state index in [4.69, 9.17) is 10.5 Å². The molecule has 1 fully saturated rings. The van der Waals surface area contributed by atoms with Crippen LogP contribution in [-0.2, 0) is 30.3 Å². The van der Waals surface area contributed by atoms with Crippen molar-refractivity contribution in [2.24, 2.45) is 17.6 Å². The minimum Gasteiger partial charge on any atom is -0.507 e. The Labute approximate surface area is 194 Å². The van der Waals surface area contributed by atoms with Crippen LogP contribution >= 0.6 is 0 Å². The van der Waals surface area contributed by atoms with Gasteiger partial charge in [0.1, 0.15) is 17.1 Å². The molecule has 1 unspecified atom stereocenters. The van der Waals surface area contributed by atoms with Crippen molar-refractivity contribution in [3.05, 3.63) is 46.2 Å². The van der Waals surface area contributed by atoms with Gasteiger partial charge in [0.05, 0.1) is 18.7 Å². The third kappa shape index (κ3) is 3.00. The van der Waals surface area contributed by atoms with Crippen molar-refractivity contribution in [2.75, 3.05) is 21.2 Å². The normalized spacial score (nSPS) is 28.3. The number of nitrogens with two attached hydrogens (primary N) is 1. The monoisotopic (exact) mass is 472 g/mol. The number of amides is 1. The molecule has 180 valence electrons. The highest BCUT2D eigenvalue weighted by Crippen LogP contribution is 2.54. The molecule has 5 N–H and O–H groups in total. The summed E-state index contributed by atoms with van der Waals surface area (Å²) in [7, 11) is 4.06. The quantitative estimate of drug-likeness (QED) is 0.363. The summed E-state index contributed by atoms with van der Waals surface area (Å²) in [6.07, 6.45) is -1.10. The Bertz CT molecular complexity index is 1200. The van der Waals surface area contributed by atoms with Crippen LogP contribution in [0.2, 0.25) is 0 Å². The summed E-state index contributed by atoms with van der Waals surface area (Å²) in [4.78, 5) is 53.1. The third-order valence-electron chi connectivity index (χ3n) is 6.84. The Morgan fingerprint density at radius 2 is 1.85 bits per heavy atom. The lowest BCUT2D eigenvalue weighted by Crippen LogP contribution is -2.67. The van der Waals surface area contributed by atoms with Gasteiger partial charge in [0.2, 0.25) is 11.4 Å². The van der Waals surface area contributed by atoms with E-state index in [1.54, 1.807) is 12.1 Å². The summed E-state index contributed by atoms with van der Waals surface area (Å²) in [5, 5.41) is 32.5. The van der Waals surface area contributed by atoms with Crippen LogP contribution < -0.4 is 5.73 Å². The van der Waals surface area contributed by atoms with Crippen LogP contribution in [0.25, 0.3) is 5.76 Å². The summed E-state index contributed by atoms with van der Waals surface area (Å²) < 4.78 is 9.94. The minimum absolute atomic E-state index is 0.0158. The average Bonchev–Trinajstić information content (AvgIpc) is 2.74. The molecule has 0 aliphatic heterocycles. The molecule has 0 bridgehead atoms. The molecule has 1 aromatic carbocycles. The number of phenols is 1. The molecule has 11 nitrogen and oxygen atoms in total. The zero-order valence-corrected chi connectivity index (χ0v) is 18.7. The van der Waals surface area contributed by atoms with Crippen LogP contribution in [0, 0.1) is 11.8 Å². The Morgan fingerprint density at radius 3 is 2.44 bits per heavy atom. The zero-order valence-electron chi connectivity index (χ0n) is 18.7. The number of carbonyl (C=O) groups is 4. The molecule has 0 heterocycles. The lowest BCUT2D eigenvalue weighted by Gasteiger charge is -2.51. The van der Waals surface area contributed by atoms with Crippen LogP contribution in [0.1, 0.15) is 17.5 Å². The number of carbonyl (C=O) groups excluding carboxylic acids is 4. The van der Waals surface area contributed by atoms with E-state index in [0.717, 1.165) is 7.11 Å². The molecular formula is C23H24N2O9. The molecular weight excluding hydrogens is 448 g/mol. The first-order chi connectivity index (χ1) is 16.0. The lowest BCUT2D eigenvalue weighted by atomic mass is 9.57. The summed E-state index contributed by atoms with van der Waals surface area (Å²) >= 11 is 0. The van der Waals surface area contributed by atoms with Crippen LogP contribution in [-0.4, -0.2) is 76.7 Å². The van der Waals surface area contributed by atoms with Crippen molar-refractivity contribution in [1.82, 2.24) is 4.90 Å². The Hall–Kier alpha value is -3.86. The molecule has 0 aromatic heterocycles. The van der Waals surface area contributed by atoms with Crippen molar-refractivity contribution in [3.8, 4) is 5.75 Å². The number of methoxy groups -OCH3 is 1. The lowest BCUT2D eigenvalue weighted by molar-refractivity contribution is -0.157. The second kappa shape index (κ2) is 7.87. The molecule has 34 heavy (non-hydrogen) atoms. The van der Waals surface area contributed by atoms with Crippen molar-refractivity contribution in [2.45, 2.75) is 24.5 Å². The highest BCUT2D eigenvalue weighted by Gasteiger charge is 2.67. The maximum atomic E-state index is 14.0. The van der Waals surface area contributed by atoms with Gasteiger partial charge in [-0.15, -0.1) is 0 Å². The number of ketones is 2. The predicted octanol–water partition coefficient (Wildman–Crippen LogP) is 0.755. The van der Waals surface area contributed by atoms with E-state index in [-0.39, 0.29) is 29.7 Å². The highest BCUT2D eigenvalue weighted by atomic mass is 16.7. The Kier molecular flexibility index (Phi) is 5.40. The molecule has 3 aliphatic rings. The number of fused-ring (bicyclic) bond motifs is 3. The summed E-state index contributed by atoms with van der Waals surface area (Å²) in [6.45, 7) is 0. The molecule has 0 saturated heterocycles. The number of hydrogen-bond acceptors (Lipinski definition) is 10. The van der Waals surface area contributed by atoms with Gasteiger partial charge in [-0.1, -0.05) is 12.1 Å². The maximum absolute atomic E-state index is 14.0. The van der Waals surface area contributed by atoms with E-state index in [2.05, 4.69) is 4.74 Å².